The zero-order chi connectivity index (χ0) is 47.2. The summed E-state index contributed by atoms with van der Waals surface area (Å²) >= 11 is 0. The summed E-state index contributed by atoms with van der Waals surface area (Å²) in [4.78, 5) is 2.03. The summed E-state index contributed by atoms with van der Waals surface area (Å²) in [5, 5.41) is 111. The topological polar surface area (TPSA) is 215 Å². The Balaban J connectivity index is 0.00000259. The zero-order valence-electron chi connectivity index (χ0n) is 36.1. The van der Waals surface area contributed by atoms with Crippen molar-refractivity contribution in [3.05, 3.63) is 150 Å². The molecule has 0 atom stereocenters. The van der Waals surface area contributed by atoms with Crippen LogP contribution in [0.2, 0.25) is 0 Å². The predicted octanol–water partition coefficient (Wildman–Crippen LogP) is 11.7. The molecule has 3 heterocycles. The highest BCUT2D eigenvalue weighted by Crippen LogP contribution is 2.56. The molecule has 10 N–H and O–H groups in total. The number of aromatic hydroxyl groups is 10. The van der Waals surface area contributed by atoms with Gasteiger partial charge in [0.25, 0.3) is 0 Å². The van der Waals surface area contributed by atoms with Crippen LogP contribution in [0.4, 0.5) is 11.4 Å². The Kier molecular flexibility index (Phi) is 9.73. The van der Waals surface area contributed by atoms with Crippen molar-refractivity contribution >= 4 is 72.1 Å². The van der Waals surface area contributed by atoms with E-state index in [1.807, 2.05) is 146 Å². The van der Waals surface area contributed by atoms with Gasteiger partial charge < -0.3 is 65.1 Å². The second-order valence-electron chi connectivity index (χ2n) is 16.1. The largest absolute Gasteiger partial charge is 0.503 e. The molecule has 0 saturated carbocycles. The highest BCUT2D eigenvalue weighted by atomic mass is 16.4. The maximum atomic E-state index is 11.2. The highest BCUT2D eigenvalue weighted by Gasteiger charge is 2.31. The first kappa shape index (κ1) is 41.9. The first-order valence-electron chi connectivity index (χ1n) is 21.5. The van der Waals surface area contributed by atoms with Gasteiger partial charge in [-0.15, -0.1) is 0 Å². The first-order chi connectivity index (χ1) is 32.3. The summed E-state index contributed by atoms with van der Waals surface area (Å²) in [6.45, 7) is 8.49. The van der Waals surface area contributed by atoms with E-state index in [9.17, 15) is 51.1 Å². The number of benzene rings is 7. The van der Waals surface area contributed by atoms with Crippen LogP contribution in [0.15, 0.2) is 128 Å². The Labute approximate surface area is 382 Å². The van der Waals surface area contributed by atoms with Gasteiger partial charge in [0.05, 0.1) is 22.2 Å². The molecule has 11 rings (SSSR count). The maximum absolute atomic E-state index is 11.2. The molecule has 0 unspecified atom stereocenters. The van der Waals surface area contributed by atoms with Crippen molar-refractivity contribution in [1.29, 1.82) is 0 Å². The minimum absolute atomic E-state index is 0.265. The molecule has 13 nitrogen and oxygen atoms in total. The number of rotatable bonds is 4. The molecule has 2 aliphatic rings. The van der Waals surface area contributed by atoms with Crippen LogP contribution in [0.5, 0.6) is 57.5 Å². The molecule has 0 bridgehead atoms. The summed E-state index contributed by atoms with van der Waals surface area (Å²) in [6, 6.07) is 30.7. The number of para-hydroxylation sites is 1. The van der Waals surface area contributed by atoms with Gasteiger partial charge in [-0.1, -0.05) is 87.2 Å². The van der Waals surface area contributed by atoms with Crippen molar-refractivity contribution in [3.63, 3.8) is 0 Å². The summed E-state index contributed by atoms with van der Waals surface area (Å²) in [7, 11) is 0. The number of nitrogens with zero attached hydrogens (tertiary/aromatic N) is 3. The molecule has 1 aliphatic heterocycles. The van der Waals surface area contributed by atoms with Gasteiger partial charge in [0, 0.05) is 44.9 Å². The van der Waals surface area contributed by atoms with E-state index in [1.165, 1.54) is 4.57 Å². The van der Waals surface area contributed by atoms with Gasteiger partial charge in [-0.3, -0.25) is 0 Å². The van der Waals surface area contributed by atoms with Crippen LogP contribution < -0.4 is 4.90 Å². The van der Waals surface area contributed by atoms with Gasteiger partial charge in [0.1, 0.15) is 11.4 Å². The average Bonchev–Trinajstić information content (AvgIpc) is 3.86. The van der Waals surface area contributed by atoms with Gasteiger partial charge in [0.2, 0.25) is 34.5 Å². The highest BCUT2D eigenvalue weighted by molar-refractivity contribution is 6.22. The fourth-order valence-electron chi connectivity index (χ4n) is 9.50. The minimum atomic E-state index is -1.05. The van der Waals surface area contributed by atoms with Crippen LogP contribution in [0.1, 0.15) is 42.7 Å². The summed E-state index contributed by atoms with van der Waals surface area (Å²) in [6.07, 6.45) is 11.1. The van der Waals surface area contributed by atoms with Crippen LogP contribution in [-0.2, 0) is 6.42 Å². The predicted molar refractivity (Wildman–Crippen MR) is 262 cm³/mol. The van der Waals surface area contributed by atoms with Crippen LogP contribution in [-0.4, -0.2) is 60.2 Å². The van der Waals surface area contributed by atoms with Crippen LogP contribution in [0.25, 0.3) is 72.1 Å². The molecule has 9 aromatic rings. The Morgan fingerprint density at radius 3 is 1.81 bits per heavy atom. The summed E-state index contributed by atoms with van der Waals surface area (Å²) < 4.78 is 3.13. The smallest absolute Gasteiger partial charge is 0.208 e. The fraction of sp³-hybridized carbons (Fsp3) is 0.0741. The van der Waals surface area contributed by atoms with E-state index in [0.29, 0.717) is 34.8 Å². The molecule has 0 fully saturated rings. The molecule has 0 amide bonds. The average molecular weight is 894 g/mol. The number of phenols is 10. The number of aromatic nitrogens is 2. The molecule has 67 heavy (non-hydrogen) atoms. The van der Waals surface area contributed by atoms with E-state index < -0.39 is 57.5 Å². The summed E-state index contributed by atoms with van der Waals surface area (Å²) in [5.41, 5.74) is 7.31. The lowest BCUT2D eigenvalue weighted by atomic mass is 9.94. The van der Waals surface area contributed by atoms with Crippen molar-refractivity contribution < 1.29 is 51.1 Å². The first-order valence-corrected chi connectivity index (χ1v) is 21.5. The Morgan fingerprint density at radius 1 is 0.522 bits per heavy atom. The van der Waals surface area contributed by atoms with Crippen LogP contribution in [0, 0.1) is 0 Å². The van der Waals surface area contributed by atoms with E-state index in [4.69, 9.17) is 0 Å². The van der Waals surface area contributed by atoms with E-state index in [1.54, 1.807) is 4.57 Å². The van der Waals surface area contributed by atoms with Crippen LogP contribution in [0.3, 0.4) is 0 Å². The molecule has 13 heteroatoms. The number of hydrogen-bond acceptors (Lipinski definition) is 11. The lowest BCUT2D eigenvalue weighted by Gasteiger charge is -2.26. The molecule has 7 aromatic carbocycles. The molecular formula is C54H43N3O10. The van der Waals surface area contributed by atoms with E-state index in [0.717, 1.165) is 66.5 Å². The third-order valence-electron chi connectivity index (χ3n) is 12.6. The van der Waals surface area contributed by atoms with Gasteiger partial charge in [-0.25, -0.2) is 0 Å². The molecule has 0 saturated heterocycles. The van der Waals surface area contributed by atoms with Crippen molar-refractivity contribution in [3.8, 4) is 68.9 Å². The van der Waals surface area contributed by atoms with Crippen molar-refractivity contribution in [2.45, 2.75) is 26.7 Å². The van der Waals surface area contributed by atoms with E-state index in [2.05, 4.69) is 6.58 Å². The third-order valence-corrected chi connectivity index (χ3v) is 12.6. The molecule has 334 valence electrons. The van der Waals surface area contributed by atoms with Crippen molar-refractivity contribution in [1.82, 2.24) is 9.13 Å². The molecule has 1 aliphatic carbocycles. The minimum Gasteiger partial charge on any atom is -0.503 e. The normalized spacial score (nSPS) is 14.6. The fourth-order valence-corrected chi connectivity index (χ4v) is 9.50. The molecule has 0 spiro atoms. The number of anilines is 2. The number of phenolic OH excluding ortho intramolecular Hbond substituents is 10. The van der Waals surface area contributed by atoms with Crippen LogP contribution >= 0.6 is 0 Å². The number of hydrogen-bond donors (Lipinski definition) is 10. The summed E-state index contributed by atoms with van der Waals surface area (Å²) in [5.74, 6) is -9.21. The van der Waals surface area contributed by atoms with Gasteiger partial charge in [-0.2, -0.15) is 0 Å². The van der Waals surface area contributed by atoms with Gasteiger partial charge >= 0.3 is 0 Å². The second kappa shape index (κ2) is 15.6. The molecule has 0 radical (unpaired) electrons. The quantitative estimate of drug-likeness (QED) is 0.0592. The third kappa shape index (κ3) is 6.08. The Bertz CT molecular complexity index is 3650. The second-order valence-corrected chi connectivity index (χ2v) is 16.1. The number of allylic oxidation sites excluding steroid dienone is 5. The Morgan fingerprint density at radius 2 is 1.10 bits per heavy atom. The van der Waals surface area contributed by atoms with E-state index >= 15 is 0 Å². The maximum Gasteiger partial charge on any atom is 0.208 e. The Hall–Kier alpha value is -9.10. The van der Waals surface area contributed by atoms with Crippen molar-refractivity contribution in [2.75, 3.05) is 4.90 Å². The van der Waals surface area contributed by atoms with Gasteiger partial charge in [-0.05, 0) is 94.9 Å². The monoisotopic (exact) mass is 893 g/mol. The molecular weight excluding hydrogens is 851 g/mol. The van der Waals surface area contributed by atoms with E-state index in [-0.39, 0.29) is 11.4 Å². The zero-order valence-corrected chi connectivity index (χ0v) is 36.1. The standard InChI is InChI=1S/C52H37N3O10.C2H6/c1-25-22-28(27-15-17-37-33(23-27)32-11-5-7-13-36(32)54(37)41-43(56)47(60)51(64)48(61)44(41)57)20-21-53(35-12-6-4-9-30(25)35)29-16-19-38-34(24-29)40-31-10-3-2-8-26(31)14-18-39(40)55(38)42-45(58)49(62)52(65)50(63)46(42)59;1-2/h2-6,8-12,14-24,56-65H,1,7,13H2;1-2H3/b21-20-,28-22+;. The molecule has 2 aromatic heterocycles. The lowest BCUT2D eigenvalue weighted by Crippen LogP contribution is -2.11. The lowest BCUT2D eigenvalue weighted by molar-refractivity contribution is 0.327. The SMILES string of the molecule is C=C1/C=C(c2ccc3c(c2)c2c(n3-c3c(O)c(O)c(O)c(O)c3O)CCC=C2)\C=C/N(c2ccc3c(c2)c2c4ccccc4ccc2n3-c2c(O)c(O)c(O)c(O)c2O)c2ccccc21.CC. The number of fused-ring (bicyclic) bond motifs is 9. The van der Waals surface area contributed by atoms with Crippen molar-refractivity contribution in [2.24, 2.45) is 0 Å². The van der Waals surface area contributed by atoms with Gasteiger partial charge in [0.15, 0.2) is 23.0 Å².